The summed E-state index contributed by atoms with van der Waals surface area (Å²) in [6.07, 6.45) is -3.16. The molecule has 316 valence electrons. The number of hydrogen-bond donors (Lipinski definition) is 7. The molecule has 13 nitrogen and oxygen atoms in total. The molecule has 0 bridgehead atoms. The molecule has 4 aromatic rings. The van der Waals surface area contributed by atoms with Gasteiger partial charge in [-0.15, -0.1) is 0 Å². The summed E-state index contributed by atoms with van der Waals surface area (Å²) in [4.78, 5) is 52.9. The van der Waals surface area contributed by atoms with E-state index in [1.807, 2.05) is 121 Å². The summed E-state index contributed by atoms with van der Waals surface area (Å²) in [5, 5.41) is 37.3. The molecule has 0 heterocycles. The molecule has 0 aliphatic carbocycles. The molecule has 7 N–H and O–H groups in total. The van der Waals surface area contributed by atoms with Crippen LogP contribution in [-0.2, 0) is 45.1 Å². The van der Waals surface area contributed by atoms with E-state index in [-0.39, 0.29) is 51.0 Å². The lowest BCUT2D eigenvalue weighted by Gasteiger charge is -2.30. The van der Waals surface area contributed by atoms with Crippen LogP contribution in [0, 0.1) is 11.8 Å². The molecule has 6 atom stereocenters. The van der Waals surface area contributed by atoms with Gasteiger partial charge < -0.3 is 46.3 Å². The molecule has 0 saturated carbocycles. The Morgan fingerprint density at radius 2 is 0.780 bits per heavy atom. The van der Waals surface area contributed by atoms with Gasteiger partial charge in [-0.05, 0) is 46.9 Å². The van der Waals surface area contributed by atoms with Gasteiger partial charge in [0.05, 0.1) is 24.3 Å². The number of rotatable bonds is 22. The van der Waals surface area contributed by atoms with Crippen LogP contribution in [0.1, 0.15) is 49.9 Å². The van der Waals surface area contributed by atoms with E-state index in [4.69, 9.17) is 9.47 Å². The number of carbonyl (C=O) groups is 4. The highest BCUT2D eigenvalue weighted by Gasteiger charge is 2.32. The van der Waals surface area contributed by atoms with Crippen molar-refractivity contribution in [3.05, 3.63) is 144 Å². The van der Waals surface area contributed by atoms with Crippen LogP contribution in [0.25, 0.3) is 0 Å². The van der Waals surface area contributed by atoms with Crippen LogP contribution < -0.4 is 26.6 Å². The monoisotopic (exact) mass is 809 g/mol. The van der Waals surface area contributed by atoms with Gasteiger partial charge >= 0.3 is 12.2 Å². The van der Waals surface area contributed by atoms with Gasteiger partial charge in [-0.3, -0.25) is 9.59 Å². The molecule has 0 fully saturated rings. The predicted octanol–water partition coefficient (Wildman–Crippen LogP) is 4.65. The first-order valence-corrected chi connectivity index (χ1v) is 20.1. The van der Waals surface area contributed by atoms with E-state index in [0.29, 0.717) is 0 Å². The number of alkyl carbamates (subject to hydrolysis) is 2. The lowest BCUT2D eigenvalue weighted by atomic mass is 9.97. The Morgan fingerprint density at radius 3 is 1.08 bits per heavy atom. The molecule has 0 aliphatic heterocycles. The van der Waals surface area contributed by atoms with Gasteiger partial charge in [-0.2, -0.15) is 0 Å². The Hall–Kier alpha value is -5.76. The van der Waals surface area contributed by atoms with Crippen LogP contribution in [0.15, 0.2) is 121 Å². The summed E-state index contributed by atoms with van der Waals surface area (Å²) in [6, 6.07) is 33.7. The second-order valence-corrected chi connectivity index (χ2v) is 15.3. The Bertz CT molecular complexity index is 1720. The minimum Gasteiger partial charge on any atom is -0.445 e. The van der Waals surface area contributed by atoms with Crippen molar-refractivity contribution in [1.82, 2.24) is 26.6 Å². The molecule has 4 amide bonds. The number of benzene rings is 4. The van der Waals surface area contributed by atoms with Crippen LogP contribution >= 0.6 is 0 Å². The zero-order valence-corrected chi connectivity index (χ0v) is 34.3. The van der Waals surface area contributed by atoms with Gasteiger partial charge in [0, 0.05) is 13.1 Å². The van der Waals surface area contributed by atoms with E-state index in [1.54, 1.807) is 27.7 Å². The molecule has 59 heavy (non-hydrogen) atoms. The summed E-state index contributed by atoms with van der Waals surface area (Å²) in [5.41, 5.74) is 3.35. The molecular formula is C46H59N5O8. The fourth-order valence-corrected chi connectivity index (χ4v) is 6.36. The predicted molar refractivity (Wildman–Crippen MR) is 226 cm³/mol. The lowest BCUT2D eigenvalue weighted by Crippen LogP contribution is -2.57. The molecular weight excluding hydrogens is 751 g/mol. The van der Waals surface area contributed by atoms with Crippen molar-refractivity contribution in [3.63, 3.8) is 0 Å². The number of aliphatic hydroxyl groups excluding tert-OH is 2. The lowest BCUT2D eigenvalue weighted by molar-refractivity contribution is -0.126. The number of hydrogen-bond acceptors (Lipinski definition) is 9. The first kappa shape index (κ1) is 45.9. The summed E-state index contributed by atoms with van der Waals surface area (Å²) < 4.78 is 10.7. The summed E-state index contributed by atoms with van der Waals surface area (Å²) in [7, 11) is 0. The number of aliphatic hydroxyl groups is 2. The maximum Gasteiger partial charge on any atom is 0.408 e. The second-order valence-electron chi connectivity index (χ2n) is 15.3. The average molecular weight is 810 g/mol. The van der Waals surface area contributed by atoms with Gasteiger partial charge in [0.2, 0.25) is 11.8 Å². The van der Waals surface area contributed by atoms with Crippen molar-refractivity contribution >= 4 is 24.0 Å². The van der Waals surface area contributed by atoms with Crippen molar-refractivity contribution in [2.24, 2.45) is 11.8 Å². The molecule has 4 rings (SSSR count). The van der Waals surface area contributed by atoms with Gasteiger partial charge in [-0.25, -0.2) is 9.59 Å². The number of nitrogens with one attached hydrogen (secondary N) is 5. The smallest absolute Gasteiger partial charge is 0.408 e. The van der Waals surface area contributed by atoms with E-state index >= 15 is 0 Å². The Kier molecular flexibility index (Phi) is 18.9. The fraction of sp³-hybridized carbons (Fsp3) is 0.391. The van der Waals surface area contributed by atoms with E-state index in [0.717, 1.165) is 22.3 Å². The molecule has 4 aromatic carbocycles. The molecule has 0 aromatic heterocycles. The minimum atomic E-state index is -1.12. The fourth-order valence-electron chi connectivity index (χ4n) is 6.36. The van der Waals surface area contributed by atoms with E-state index < -0.39 is 60.4 Å². The largest absolute Gasteiger partial charge is 0.445 e. The maximum absolute atomic E-state index is 13.7. The van der Waals surface area contributed by atoms with Crippen molar-refractivity contribution < 1.29 is 38.9 Å². The maximum atomic E-state index is 13.7. The second kappa shape index (κ2) is 24.2. The van der Waals surface area contributed by atoms with Crippen LogP contribution in [-0.4, -0.2) is 83.7 Å². The number of carbonyl (C=O) groups excluding carboxylic acids is 4. The molecule has 0 saturated heterocycles. The highest BCUT2D eigenvalue weighted by atomic mass is 16.6. The molecule has 0 unspecified atom stereocenters. The van der Waals surface area contributed by atoms with Crippen LogP contribution in [0.5, 0.6) is 0 Å². The zero-order valence-electron chi connectivity index (χ0n) is 34.3. The Balaban J connectivity index is 1.39. The molecule has 0 radical (unpaired) electrons. The third kappa shape index (κ3) is 16.2. The highest BCUT2D eigenvalue weighted by Crippen LogP contribution is 2.12. The molecule has 0 spiro atoms. The Labute approximate surface area is 347 Å². The zero-order chi connectivity index (χ0) is 42.6. The van der Waals surface area contributed by atoms with E-state index in [9.17, 15) is 29.4 Å². The summed E-state index contributed by atoms with van der Waals surface area (Å²) in [6.45, 7) is 7.24. The van der Waals surface area contributed by atoms with Gasteiger partial charge in [0.25, 0.3) is 0 Å². The highest BCUT2D eigenvalue weighted by molar-refractivity contribution is 5.86. The van der Waals surface area contributed by atoms with Gasteiger partial charge in [0.1, 0.15) is 25.3 Å². The normalized spacial score (nSPS) is 14.2. The van der Waals surface area contributed by atoms with Crippen LogP contribution in [0.2, 0.25) is 0 Å². The van der Waals surface area contributed by atoms with E-state index in [1.165, 1.54) is 0 Å². The van der Waals surface area contributed by atoms with E-state index in [2.05, 4.69) is 26.6 Å². The standard InChI is InChI=1S/C46H59N5O8/c1-31(2)41(50-45(56)58-29-35-21-13-7-14-22-35)43(54)48-37(25-33-17-9-5-10-18-33)39(52)27-47-28-40(53)38(26-34-19-11-6-12-20-34)49-44(55)42(32(3)4)51-46(57)59-30-36-23-15-8-16-24-36/h5-24,31-32,37-42,47,52-53H,25-30H2,1-4H3,(H,48,54)(H,49,55)(H,50,56)(H,51,57)/t37-,38-,39+,40+,41-,42-/m0/s1. The molecule has 0 aliphatic rings. The number of amides is 4. The average Bonchev–Trinajstić information content (AvgIpc) is 3.23. The number of ether oxygens (including phenoxy) is 2. The first-order valence-electron chi connectivity index (χ1n) is 20.1. The third-order valence-electron chi connectivity index (χ3n) is 9.76. The quantitative estimate of drug-likeness (QED) is 0.0593. The van der Waals surface area contributed by atoms with Gasteiger partial charge in [0.15, 0.2) is 0 Å². The van der Waals surface area contributed by atoms with Crippen LogP contribution in [0.3, 0.4) is 0 Å². The first-order chi connectivity index (χ1) is 28.4. The summed E-state index contributed by atoms with van der Waals surface area (Å²) in [5.74, 6) is -1.58. The van der Waals surface area contributed by atoms with Crippen LogP contribution in [0.4, 0.5) is 9.59 Å². The summed E-state index contributed by atoms with van der Waals surface area (Å²) >= 11 is 0. The SMILES string of the molecule is CC(C)[C@H](NC(=O)OCc1ccccc1)C(=O)N[C@@H](Cc1ccccc1)[C@H](O)CNC[C@@H](O)[C@H](Cc1ccccc1)NC(=O)[C@@H](NC(=O)OCc1ccccc1)C(C)C. The van der Waals surface area contributed by atoms with Crippen molar-refractivity contribution in [3.8, 4) is 0 Å². The van der Waals surface area contributed by atoms with Gasteiger partial charge in [-0.1, -0.05) is 149 Å². The Morgan fingerprint density at radius 1 is 0.475 bits per heavy atom. The third-order valence-corrected chi connectivity index (χ3v) is 9.76. The topological polar surface area (TPSA) is 187 Å². The minimum absolute atomic E-state index is 0.0246. The van der Waals surface area contributed by atoms with Crippen molar-refractivity contribution in [1.29, 1.82) is 0 Å². The molecule has 13 heteroatoms. The van der Waals surface area contributed by atoms with Crippen molar-refractivity contribution in [2.75, 3.05) is 13.1 Å². The van der Waals surface area contributed by atoms with Crippen molar-refractivity contribution in [2.45, 2.75) is 90.1 Å².